The Balaban J connectivity index is 1.67. The van der Waals surface area contributed by atoms with Gasteiger partial charge in [0.2, 0.25) is 0 Å². The van der Waals surface area contributed by atoms with Gasteiger partial charge in [0.05, 0.1) is 12.5 Å². The van der Waals surface area contributed by atoms with Crippen molar-refractivity contribution in [1.29, 1.82) is 5.26 Å². The Morgan fingerprint density at radius 1 is 1.23 bits per heavy atom. The molecular weight excluding hydrogens is 284 g/mol. The maximum atomic E-state index is 11.5. The van der Waals surface area contributed by atoms with E-state index in [4.69, 9.17) is 14.7 Å². The molecule has 1 amide bonds. The highest BCUT2D eigenvalue weighted by molar-refractivity contribution is 5.80. The quantitative estimate of drug-likeness (QED) is 0.602. The molecule has 0 atom stereocenters. The van der Waals surface area contributed by atoms with Crippen LogP contribution in [0.2, 0.25) is 0 Å². The molecule has 1 aliphatic rings. The van der Waals surface area contributed by atoms with Gasteiger partial charge in [0.1, 0.15) is 5.75 Å². The normalized spacial score (nSPS) is 12.1. The van der Waals surface area contributed by atoms with Crippen LogP contribution in [0.1, 0.15) is 24.0 Å². The smallest absolute Gasteiger partial charge is 0.344 e. The summed E-state index contributed by atoms with van der Waals surface area (Å²) in [7, 11) is 0. The van der Waals surface area contributed by atoms with Gasteiger partial charge in [-0.05, 0) is 42.5 Å². The molecule has 0 aromatic heterocycles. The second-order valence-electron chi connectivity index (χ2n) is 4.99. The number of nitriles is 1. The number of aryl methyl sites for hydroxylation is 2. The van der Waals surface area contributed by atoms with Gasteiger partial charge in [-0.3, -0.25) is 4.79 Å². The number of carbonyl (C=O) groups is 2. The summed E-state index contributed by atoms with van der Waals surface area (Å²) in [6, 6.07) is 7.71. The van der Waals surface area contributed by atoms with Crippen LogP contribution in [-0.4, -0.2) is 31.6 Å². The number of ether oxygens (including phenoxy) is 2. The first-order valence-corrected chi connectivity index (χ1v) is 7.23. The summed E-state index contributed by atoms with van der Waals surface area (Å²) in [5.74, 6) is -0.395. The van der Waals surface area contributed by atoms with E-state index in [0.29, 0.717) is 5.75 Å². The van der Waals surface area contributed by atoms with Gasteiger partial charge in [-0.2, -0.15) is 5.26 Å². The standard InChI is InChI=1S/C16H18N2O4/c17-7-2-8-18-15(19)10-22-16(20)11-21-14-6-5-12-3-1-4-13(12)9-14/h5-6,9H,1-4,8,10-11H2,(H,18,19). The maximum Gasteiger partial charge on any atom is 0.344 e. The Kier molecular flexibility index (Phi) is 5.78. The third-order valence-corrected chi connectivity index (χ3v) is 3.35. The van der Waals surface area contributed by atoms with E-state index in [1.54, 1.807) is 0 Å². The lowest BCUT2D eigenvalue weighted by atomic mass is 10.1. The summed E-state index contributed by atoms with van der Waals surface area (Å²) < 4.78 is 10.2. The highest BCUT2D eigenvalue weighted by Crippen LogP contribution is 2.25. The van der Waals surface area contributed by atoms with Crippen molar-refractivity contribution in [3.05, 3.63) is 29.3 Å². The fourth-order valence-electron chi connectivity index (χ4n) is 2.28. The zero-order chi connectivity index (χ0) is 15.8. The minimum absolute atomic E-state index is 0.223. The molecular formula is C16H18N2O4. The molecule has 0 bridgehead atoms. The summed E-state index contributed by atoms with van der Waals surface area (Å²) in [6.07, 6.45) is 3.52. The molecule has 6 nitrogen and oxygen atoms in total. The van der Waals surface area contributed by atoms with E-state index in [1.807, 2.05) is 24.3 Å². The second-order valence-corrected chi connectivity index (χ2v) is 4.99. The number of fused-ring (bicyclic) bond motifs is 1. The van der Waals surface area contributed by atoms with E-state index in [2.05, 4.69) is 5.32 Å². The first-order chi connectivity index (χ1) is 10.7. The molecule has 2 rings (SSSR count). The average Bonchev–Trinajstić information content (AvgIpc) is 2.98. The van der Waals surface area contributed by atoms with Crippen LogP contribution in [0.3, 0.4) is 0 Å². The number of hydrogen-bond acceptors (Lipinski definition) is 5. The molecule has 0 unspecified atom stereocenters. The van der Waals surface area contributed by atoms with Crippen molar-refractivity contribution in [2.45, 2.75) is 25.7 Å². The van der Waals surface area contributed by atoms with Gasteiger partial charge in [0, 0.05) is 6.54 Å². The molecule has 116 valence electrons. The van der Waals surface area contributed by atoms with Crippen molar-refractivity contribution < 1.29 is 19.1 Å². The molecule has 1 aromatic rings. The van der Waals surface area contributed by atoms with Crippen LogP contribution in [-0.2, 0) is 27.2 Å². The first-order valence-electron chi connectivity index (χ1n) is 7.23. The Bertz CT molecular complexity index is 592. The highest BCUT2D eigenvalue weighted by Gasteiger charge is 2.12. The molecule has 0 fully saturated rings. The van der Waals surface area contributed by atoms with E-state index < -0.39 is 11.9 Å². The Morgan fingerprint density at radius 3 is 2.86 bits per heavy atom. The number of carbonyl (C=O) groups excluding carboxylic acids is 2. The molecule has 1 N–H and O–H groups in total. The Hall–Kier alpha value is -2.55. The summed E-state index contributed by atoms with van der Waals surface area (Å²) >= 11 is 0. The maximum absolute atomic E-state index is 11.5. The molecule has 0 heterocycles. The third-order valence-electron chi connectivity index (χ3n) is 3.35. The predicted octanol–water partition coefficient (Wildman–Crippen LogP) is 1.13. The lowest BCUT2D eigenvalue weighted by Crippen LogP contribution is -2.30. The number of hydrogen-bond donors (Lipinski definition) is 1. The number of nitrogens with one attached hydrogen (secondary N) is 1. The highest BCUT2D eigenvalue weighted by atomic mass is 16.6. The monoisotopic (exact) mass is 302 g/mol. The number of nitrogens with zero attached hydrogens (tertiary/aromatic N) is 1. The van der Waals surface area contributed by atoms with Gasteiger partial charge in [0.15, 0.2) is 13.2 Å². The predicted molar refractivity (Wildman–Crippen MR) is 78.2 cm³/mol. The van der Waals surface area contributed by atoms with Gasteiger partial charge in [-0.25, -0.2) is 4.79 Å². The zero-order valence-corrected chi connectivity index (χ0v) is 12.3. The van der Waals surface area contributed by atoms with Crippen molar-refractivity contribution in [3.63, 3.8) is 0 Å². The lowest BCUT2D eigenvalue weighted by molar-refractivity contribution is -0.150. The molecule has 1 aliphatic carbocycles. The van der Waals surface area contributed by atoms with Crippen LogP contribution < -0.4 is 10.1 Å². The van der Waals surface area contributed by atoms with Crippen LogP contribution in [0.4, 0.5) is 0 Å². The SMILES string of the molecule is N#CCCNC(=O)COC(=O)COc1ccc2c(c1)CCC2. The van der Waals surface area contributed by atoms with Gasteiger partial charge < -0.3 is 14.8 Å². The topological polar surface area (TPSA) is 88.4 Å². The third kappa shape index (κ3) is 4.77. The van der Waals surface area contributed by atoms with Gasteiger partial charge in [0.25, 0.3) is 5.91 Å². The molecule has 0 saturated carbocycles. The minimum atomic E-state index is -0.601. The van der Waals surface area contributed by atoms with E-state index >= 15 is 0 Å². The summed E-state index contributed by atoms with van der Waals surface area (Å²) in [4.78, 5) is 22.8. The summed E-state index contributed by atoms with van der Waals surface area (Å²) in [5.41, 5.74) is 2.60. The molecule has 0 radical (unpaired) electrons. The van der Waals surface area contributed by atoms with Crippen LogP contribution in [0.5, 0.6) is 5.75 Å². The fourth-order valence-corrected chi connectivity index (χ4v) is 2.28. The van der Waals surface area contributed by atoms with Gasteiger partial charge in [-0.1, -0.05) is 6.07 Å². The summed E-state index contributed by atoms with van der Waals surface area (Å²) in [6.45, 7) is -0.347. The molecule has 0 aliphatic heterocycles. The van der Waals surface area contributed by atoms with Crippen LogP contribution in [0.15, 0.2) is 18.2 Å². The van der Waals surface area contributed by atoms with E-state index in [0.717, 1.165) is 19.3 Å². The van der Waals surface area contributed by atoms with Crippen molar-refractivity contribution >= 4 is 11.9 Å². The molecule has 0 spiro atoms. The Morgan fingerprint density at radius 2 is 2.05 bits per heavy atom. The average molecular weight is 302 g/mol. The fraction of sp³-hybridized carbons (Fsp3) is 0.438. The summed E-state index contributed by atoms with van der Waals surface area (Å²) in [5, 5.41) is 10.8. The van der Waals surface area contributed by atoms with Crippen LogP contribution >= 0.6 is 0 Å². The van der Waals surface area contributed by atoms with Crippen molar-refractivity contribution in [2.24, 2.45) is 0 Å². The largest absolute Gasteiger partial charge is 0.482 e. The lowest BCUT2D eigenvalue weighted by Gasteiger charge is -2.08. The van der Waals surface area contributed by atoms with Crippen molar-refractivity contribution in [3.8, 4) is 11.8 Å². The van der Waals surface area contributed by atoms with Crippen molar-refractivity contribution in [1.82, 2.24) is 5.32 Å². The number of esters is 1. The minimum Gasteiger partial charge on any atom is -0.482 e. The molecule has 0 saturated heterocycles. The number of amides is 1. The van der Waals surface area contributed by atoms with Crippen molar-refractivity contribution in [2.75, 3.05) is 19.8 Å². The van der Waals surface area contributed by atoms with Crippen LogP contribution in [0, 0.1) is 11.3 Å². The molecule has 1 aromatic carbocycles. The van der Waals surface area contributed by atoms with Gasteiger partial charge >= 0.3 is 5.97 Å². The Labute approximate surface area is 129 Å². The van der Waals surface area contributed by atoms with E-state index in [-0.39, 0.29) is 26.2 Å². The number of rotatable bonds is 7. The molecule has 6 heteroatoms. The van der Waals surface area contributed by atoms with Gasteiger partial charge in [-0.15, -0.1) is 0 Å². The zero-order valence-electron chi connectivity index (χ0n) is 12.3. The van der Waals surface area contributed by atoms with Crippen LogP contribution in [0.25, 0.3) is 0 Å². The molecule has 22 heavy (non-hydrogen) atoms. The van der Waals surface area contributed by atoms with E-state index in [1.165, 1.54) is 11.1 Å². The van der Waals surface area contributed by atoms with E-state index in [9.17, 15) is 9.59 Å². The second kappa shape index (κ2) is 8.03. The first kappa shape index (κ1) is 15.8. The number of benzene rings is 1.